The molecule has 3 aromatic carbocycles. The molecule has 0 atom stereocenters. The fraction of sp³-hybridized carbons (Fsp3) is 0. The third kappa shape index (κ3) is 3.67. The molecule has 4 heteroatoms. The van der Waals surface area contributed by atoms with E-state index >= 15 is 0 Å². The van der Waals surface area contributed by atoms with Crippen LogP contribution in [0.15, 0.2) is 73.3 Å². The van der Waals surface area contributed by atoms with Crippen LogP contribution in [0.4, 0.5) is 5.69 Å². The molecular weight excluding hydrogens is 316 g/mol. The fourth-order valence-corrected chi connectivity index (χ4v) is 2.63. The summed E-state index contributed by atoms with van der Waals surface area (Å²) in [5.41, 5.74) is 3.14. The van der Waals surface area contributed by atoms with E-state index in [9.17, 15) is 4.79 Å². The SMILES string of the molecule is C=C(NC(=S)Nc1ccc(C=O)cc1)c1ccc2ccccc2c1. The molecule has 3 nitrogen and oxygen atoms in total. The number of nitrogens with one attached hydrogen (secondary N) is 2. The van der Waals surface area contributed by atoms with E-state index in [1.807, 2.05) is 18.2 Å². The maximum atomic E-state index is 10.7. The van der Waals surface area contributed by atoms with Crippen LogP contribution in [0.3, 0.4) is 0 Å². The van der Waals surface area contributed by atoms with Crippen LogP contribution in [0.25, 0.3) is 16.5 Å². The Hall–Kier alpha value is -2.98. The van der Waals surface area contributed by atoms with Crippen LogP contribution in [0.5, 0.6) is 0 Å². The number of carbonyl (C=O) groups excluding carboxylic acids is 1. The Morgan fingerprint density at radius 1 is 0.958 bits per heavy atom. The predicted octanol–water partition coefficient (Wildman–Crippen LogP) is 4.61. The molecule has 0 unspecified atom stereocenters. The number of carbonyl (C=O) groups is 1. The lowest BCUT2D eigenvalue weighted by atomic mass is 10.1. The monoisotopic (exact) mass is 332 g/mol. The summed E-state index contributed by atoms with van der Waals surface area (Å²) in [7, 11) is 0. The van der Waals surface area contributed by atoms with Crippen LogP contribution >= 0.6 is 12.2 Å². The number of fused-ring (bicyclic) bond motifs is 1. The first kappa shape index (κ1) is 15.9. The lowest BCUT2D eigenvalue weighted by Crippen LogP contribution is -2.26. The second-order valence-electron chi connectivity index (χ2n) is 5.36. The van der Waals surface area contributed by atoms with Crippen molar-refractivity contribution in [2.45, 2.75) is 0 Å². The van der Waals surface area contributed by atoms with Crippen LogP contribution in [-0.4, -0.2) is 11.4 Å². The van der Waals surface area contributed by atoms with Crippen molar-refractivity contribution in [2.24, 2.45) is 0 Å². The highest BCUT2D eigenvalue weighted by Gasteiger charge is 2.04. The predicted molar refractivity (Wildman–Crippen MR) is 104 cm³/mol. The summed E-state index contributed by atoms with van der Waals surface area (Å²) >= 11 is 5.32. The average molecular weight is 332 g/mol. The second-order valence-corrected chi connectivity index (χ2v) is 5.77. The normalized spacial score (nSPS) is 10.2. The molecule has 0 aliphatic heterocycles. The number of rotatable bonds is 4. The van der Waals surface area contributed by atoms with E-state index in [4.69, 9.17) is 12.2 Å². The Kier molecular flexibility index (Phi) is 4.68. The van der Waals surface area contributed by atoms with Gasteiger partial charge in [-0.25, -0.2) is 0 Å². The van der Waals surface area contributed by atoms with E-state index in [1.54, 1.807) is 24.3 Å². The molecular formula is C20H16N2OS. The first-order chi connectivity index (χ1) is 11.7. The third-order valence-corrected chi connectivity index (χ3v) is 3.87. The molecule has 3 aromatic rings. The zero-order chi connectivity index (χ0) is 16.9. The van der Waals surface area contributed by atoms with Crippen LogP contribution in [0, 0.1) is 0 Å². The second kappa shape index (κ2) is 7.06. The Balaban J connectivity index is 1.68. The van der Waals surface area contributed by atoms with Gasteiger partial charge >= 0.3 is 0 Å². The number of anilines is 1. The van der Waals surface area contributed by atoms with Gasteiger partial charge in [-0.05, 0) is 58.9 Å². The maximum absolute atomic E-state index is 10.7. The van der Waals surface area contributed by atoms with Crippen LogP contribution in [0.1, 0.15) is 15.9 Å². The summed E-state index contributed by atoms with van der Waals surface area (Å²) in [5.74, 6) is 0. The first-order valence-corrected chi connectivity index (χ1v) is 7.88. The number of hydrogen-bond acceptors (Lipinski definition) is 2. The van der Waals surface area contributed by atoms with Crippen molar-refractivity contribution in [1.82, 2.24) is 5.32 Å². The maximum Gasteiger partial charge on any atom is 0.175 e. The molecule has 0 fully saturated rings. The molecule has 0 heterocycles. The highest BCUT2D eigenvalue weighted by Crippen LogP contribution is 2.19. The Labute approximate surface area is 146 Å². The molecule has 0 aromatic heterocycles. The van der Waals surface area contributed by atoms with Crippen molar-refractivity contribution in [2.75, 3.05) is 5.32 Å². The Morgan fingerprint density at radius 2 is 1.67 bits per heavy atom. The van der Waals surface area contributed by atoms with E-state index < -0.39 is 0 Å². The average Bonchev–Trinajstić information content (AvgIpc) is 2.61. The van der Waals surface area contributed by atoms with Gasteiger partial charge in [-0.2, -0.15) is 0 Å². The summed E-state index contributed by atoms with van der Waals surface area (Å²) in [5, 5.41) is 8.96. The molecule has 0 spiro atoms. The molecule has 0 saturated heterocycles. The van der Waals surface area contributed by atoms with Gasteiger partial charge in [0.15, 0.2) is 5.11 Å². The summed E-state index contributed by atoms with van der Waals surface area (Å²) < 4.78 is 0. The van der Waals surface area contributed by atoms with Gasteiger partial charge in [0.25, 0.3) is 0 Å². The van der Waals surface area contributed by atoms with Gasteiger partial charge < -0.3 is 10.6 Å². The zero-order valence-electron chi connectivity index (χ0n) is 13.0. The van der Waals surface area contributed by atoms with Crippen molar-refractivity contribution in [3.8, 4) is 0 Å². The highest BCUT2D eigenvalue weighted by molar-refractivity contribution is 7.80. The van der Waals surface area contributed by atoms with Gasteiger partial charge in [-0.1, -0.05) is 43.0 Å². The molecule has 24 heavy (non-hydrogen) atoms. The molecule has 0 amide bonds. The van der Waals surface area contributed by atoms with E-state index in [1.165, 1.54) is 5.39 Å². The number of aldehydes is 1. The first-order valence-electron chi connectivity index (χ1n) is 7.47. The summed E-state index contributed by atoms with van der Waals surface area (Å²) in [6.45, 7) is 4.06. The van der Waals surface area contributed by atoms with Crippen molar-refractivity contribution in [3.63, 3.8) is 0 Å². The summed E-state index contributed by atoms with van der Waals surface area (Å²) in [6.07, 6.45) is 0.807. The largest absolute Gasteiger partial charge is 0.332 e. The summed E-state index contributed by atoms with van der Waals surface area (Å²) in [4.78, 5) is 10.7. The molecule has 0 radical (unpaired) electrons. The van der Waals surface area contributed by atoms with Crippen LogP contribution in [0.2, 0.25) is 0 Å². The Bertz CT molecular complexity index is 916. The van der Waals surface area contributed by atoms with E-state index in [0.29, 0.717) is 10.7 Å². The number of hydrogen-bond donors (Lipinski definition) is 2. The topological polar surface area (TPSA) is 41.1 Å². The molecule has 0 aliphatic carbocycles. The lowest BCUT2D eigenvalue weighted by molar-refractivity contribution is 0.112. The van der Waals surface area contributed by atoms with Gasteiger partial charge in [-0.15, -0.1) is 0 Å². The van der Waals surface area contributed by atoms with Gasteiger partial charge in [0.2, 0.25) is 0 Å². The standard InChI is InChI=1S/C20H16N2OS/c1-14(17-9-8-16-4-2-3-5-18(16)12-17)21-20(24)22-19-10-6-15(13-23)7-11-19/h2-13H,1H2,(H2,21,22,24). The van der Waals surface area contributed by atoms with Crippen molar-refractivity contribution in [3.05, 3.63) is 84.4 Å². The van der Waals surface area contributed by atoms with Gasteiger partial charge in [0.05, 0.1) is 0 Å². The molecule has 2 N–H and O–H groups in total. The minimum atomic E-state index is 0.451. The molecule has 118 valence electrons. The van der Waals surface area contributed by atoms with Crippen LogP contribution in [-0.2, 0) is 0 Å². The smallest absolute Gasteiger partial charge is 0.175 e. The van der Waals surface area contributed by atoms with Gasteiger partial charge in [0, 0.05) is 16.9 Å². The lowest BCUT2D eigenvalue weighted by Gasteiger charge is -2.13. The van der Waals surface area contributed by atoms with Crippen molar-refractivity contribution in [1.29, 1.82) is 0 Å². The molecule has 0 saturated carbocycles. The van der Waals surface area contributed by atoms with E-state index in [2.05, 4.69) is 41.5 Å². The zero-order valence-corrected chi connectivity index (χ0v) is 13.8. The van der Waals surface area contributed by atoms with Gasteiger partial charge in [0.1, 0.15) is 6.29 Å². The van der Waals surface area contributed by atoms with Crippen LogP contribution < -0.4 is 10.6 Å². The highest BCUT2D eigenvalue weighted by atomic mass is 32.1. The Morgan fingerprint density at radius 3 is 2.38 bits per heavy atom. The molecule has 0 bridgehead atoms. The molecule has 3 rings (SSSR count). The van der Waals surface area contributed by atoms with E-state index in [-0.39, 0.29) is 0 Å². The minimum Gasteiger partial charge on any atom is -0.332 e. The fourth-order valence-electron chi connectivity index (χ4n) is 2.39. The quantitative estimate of drug-likeness (QED) is 0.541. The van der Waals surface area contributed by atoms with Crippen molar-refractivity contribution >= 4 is 45.8 Å². The van der Waals surface area contributed by atoms with E-state index in [0.717, 1.165) is 28.6 Å². The number of thiocarbonyl (C=S) groups is 1. The minimum absolute atomic E-state index is 0.451. The van der Waals surface area contributed by atoms with Gasteiger partial charge in [-0.3, -0.25) is 4.79 Å². The van der Waals surface area contributed by atoms with Crippen molar-refractivity contribution < 1.29 is 4.79 Å². The summed E-state index contributed by atoms with van der Waals surface area (Å²) in [6, 6.07) is 21.4. The third-order valence-electron chi connectivity index (χ3n) is 3.67. The molecule has 0 aliphatic rings. The number of benzene rings is 3.